The summed E-state index contributed by atoms with van der Waals surface area (Å²) >= 11 is 0. The van der Waals surface area contributed by atoms with Crippen molar-refractivity contribution < 1.29 is 4.52 Å². The molecule has 2 fully saturated rings. The van der Waals surface area contributed by atoms with Crippen molar-refractivity contribution in [2.45, 2.75) is 50.6 Å². The van der Waals surface area contributed by atoms with E-state index in [0.29, 0.717) is 17.9 Å². The second kappa shape index (κ2) is 6.23. The standard InChI is InChI=1S/C16H22N6O/c1-11(16-19-15(21-23-16)12-6-7-12)18-13-4-3-9-22(10-13)14-5-2-8-17-20-14/h2,5,8,11-13,18H,3-4,6-7,9-10H2,1H3/t11-,13+/m0/s1. The largest absolute Gasteiger partial charge is 0.354 e. The Balaban J connectivity index is 1.37. The molecule has 1 saturated heterocycles. The van der Waals surface area contributed by atoms with Gasteiger partial charge >= 0.3 is 0 Å². The molecule has 0 bridgehead atoms. The lowest BCUT2D eigenvalue weighted by atomic mass is 10.0. The van der Waals surface area contributed by atoms with Gasteiger partial charge in [0.2, 0.25) is 5.89 Å². The first-order valence-electron chi connectivity index (χ1n) is 8.42. The minimum Gasteiger partial charge on any atom is -0.354 e. The molecule has 1 saturated carbocycles. The Morgan fingerprint density at radius 3 is 3.04 bits per heavy atom. The summed E-state index contributed by atoms with van der Waals surface area (Å²) in [6.07, 6.45) is 6.37. The number of hydrogen-bond acceptors (Lipinski definition) is 7. The molecule has 2 aromatic rings. The molecule has 7 heteroatoms. The van der Waals surface area contributed by atoms with Gasteiger partial charge in [0.1, 0.15) is 0 Å². The average molecular weight is 314 g/mol. The summed E-state index contributed by atoms with van der Waals surface area (Å²) in [5.74, 6) is 3.05. The van der Waals surface area contributed by atoms with E-state index in [4.69, 9.17) is 4.52 Å². The molecule has 4 rings (SSSR count). The highest BCUT2D eigenvalue weighted by atomic mass is 16.5. The van der Waals surface area contributed by atoms with E-state index in [-0.39, 0.29) is 6.04 Å². The van der Waals surface area contributed by atoms with E-state index >= 15 is 0 Å². The van der Waals surface area contributed by atoms with E-state index in [1.54, 1.807) is 6.20 Å². The van der Waals surface area contributed by atoms with Crippen LogP contribution in [-0.4, -0.2) is 39.5 Å². The van der Waals surface area contributed by atoms with Crippen LogP contribution >= 0.6 is 0 Å². The summed E-state index contributed by atoms with van der Waals surface area (Å²) < 4.78 is 5.42. The number of piperidine rings is 1. The molecule has 7 nitrogen and oxygen atoms in total. The van der Waals surface area contributed by atoms with Crippen molar-refractivity contribution in [1.29, 1.82) is 0 Å². The van der Waals surface area contributed by atoms with Crippen LogP contribution in [0.2, 0.25) is 0 Å². The van der Waals surface area contributed by atoms with Crippen LogP contribution in [-0.2, 0) is 0 Å². The molecule has 2 aromatic heterocycles. The van der Waals surface area contributed by atoms with Crippen molar-refractivity contribution in [1.82, 2.24) is 25.7 Å². The lowest BCUT2D eigenvalue weighted by Gasteiger charge is -2.34. The number of rotatable bonds is 5. The van der Waals surface area contributed by atoms with Crippen molar-refractivity contribution >= 4 is 5.82 Å². The molecular formula is C16H22N6O. The topological polar surface area (TPSA) is 80.0 Å². The van der Waals surface area contributed by atoms with E-state index in [1.165, 1.54) is 12.8 Å². The zero-order valence-corrected chi connectivity index (χ0v) is 13.4. The van der Waals surface area contributed by atoms with Gasteiger partial charge in [-0.05, 0) is 44.7 Å². The number of nitrogens with one attached hydrogen (secondary N) is 1. The molecule has 1 aliphatic heterocycles. The van der Waals surface area contributed by atoms with Gasteiger partial charge in [-0.25, -0.2) is 0 Å². The molecule has 0 aromatic carbocycles. The molecule has 0 amide bonds. The second-order valence-electron chi connectivity index (χ2n) is 6.52. The first-order chi connectivity index (χ1) is 11.3. The number of hydrogen-bond donors (Lipinski definition) is 1. The summed E-state index contributed by atoms with van der Waals surface area (Å²) in [6, 6.07) is 4.40. The third kappa shape index (κ3) is 3.34. The molecule has 23 heavy (non-hydrogen) atoms. The predicted octanol–water partition coefficient (Wildman–Crippen LogP) is 2.06. The van der Waals surface area contributed by atoms with E-state index < -0.39 is 0 Å². The summed E-state index contributed by atoms with van der Waals surface area (Å²) in [7, 11) is 0. The van der Waals surface area contributed by atoms with Gasteiger partial charge in [-0.15, -0.1) is 5.10 Å². The number of aromatic nitrogens is 4. The Kier molecular flexibility index (Phi) is 3.95. The molecule has 1 aliphatic carbocycles. The number of anilines is 1. The monoisotopic (exact) mass is 314 g/mol. The van der Waals surface area contributed by atoms with Gasteiger partial charge in [-0.3, -0.25) is 0 Å². The Labute approximate surface area is 135 Å². The molecule has 2 atom stereocenters. The van der Waals surface area contributed by atoms with E-state index in [2.05, 4.69) is 37.5 Å². The SMILES string of the molecule is C[C@H](N[C@@H]1CCCN(c2cccnn2)C1)c1nc(C2CC2)no1. The third-order valence-electron chi connectivity index (χ3n) is 4.56. The van der Waals surface area contributed by atoms with Crippen LogP contribution in [0.4, 0.5) is 5.82 Å². The fraction of sp³-hybridized carbons (Fsp3) is 0.625. The minimum absolute atomic E-state index is 0.0711. The van der Waals surface area contributed by atoms with Gasteiger partial charge in [-0.2, -0.15) is 10.1 Å². The van der Waals surface area contributed by atoms with Gasteiger partial charge in [0.05, 0.1) is 6.04 Å². The molecular weight excluding hydrogens is 292 g/mol. The van der Waals surface area contributed by atoms with E-state index in [9.17, 15) is 0 Å². The van der Waals surface area contributed by atoms with Gasteiger partial charge in [0.15, 0.2) is 11.6 Å². The fourth-order valence-corrected chi connectivity index (χ4v) is 3.14. The lowest BCUT2D eigenvalue weighted by molar-refractivity contribution is 0.307. The summed E-state index contributed by atoms with van der Waals surface area (Å²) in [5.41, 5.74) is 0. The molecule has 2 aliphatic rings. The van der Waals surface area contributed by atoms with Crippen molar-refractivity contribution in [2.24, 2.45) is 0 Å². The van der Waals surface area contributed by atoms with Crippen LogP contribution in [0.15, 0.2) is 22.9 Å². The van der Waals surface area contributed by atoms with Gasteiger partial charge in [0, 0.05) is 31.2 Å². The maximum atomic E-state index is 5.42. The second-order valence-corrected chi connectivity index (χ2v) is 6.52. The van der Waals surface area contributed by atoms with Crippen molar-refractivity contribution in [3.63, 3.8) is 0 Å². The predicted molar refractivity (Wildman–Crippen MR) is 85.1 cm³/mol. The van der Waals surface area contributed by atoms with Gasteiger partial charge in [0.25, 0.3) is 0 Å². The summed E-state index contributed by atoms with van der Waals surface area (Å²) in [5, 5.41) is 15.9. The quantitative estimate of drug-likeness (QED) is 0.904. The van der Waals surface area contributed by atoms with Crippen LogP contribution < -0.4 is 10.2 Å². The normalized spacial score (nSPS) is 23.0. The van der Waals surface area contributed by atoms with Crippen LogP contribution in [0.1, 0.15) is 56.3 Å². The summed E-state index contributed by atoms with van der Waals surface area (Å²) in [6.45, 7) is 4.04. The summed E-state index contributed by atoms with van der Waals surface area (Å²) in [4.78, 5) is 6.82. The van der Waals surface area contributed by atoms with Crippen LogP contribution in [0.5, 0.6) is 0 Å². The maximum absolute atomic E-state index is 5.42. The zero-order valence-electron chi connectivity index (χ0n) is 13.4. The Hall–Kier alpha value is -2.02. The van der Waals surface area contributed by atoms with Gasteiger partial charge in [-0.1, -0.05) is 5.16 Å². The fourth-order valence-electron chi connectivity index (χ4n) is 3.14. The Bertz CT molecular complexity index is 641. The molecule has 0 spiro atoms. The van der Waals surface area contributed by atoms with Crippen molar-refractivity contribution in [3.8, 4) is 0 Å². The average Bonchev–Trinajstić information content (AvgIpc) is 3.33. The molecule has 0 radical (unpaired) electrons. The molecule has 3 heterocycles. The first kappa shape index (κ1) is 14.6. The Morgan fingerprint density at radius 2 is 2.26 bits per heavy atom. The highest BCUT2D eigenvalue weighted by molar-refractivity contribution is 5.37. The highest BCUT2D eigenvalue weighted by Gasteiger charge is 2.30. The Morgan fingerprint density at radius 1 is 1.35 bits per heavy atom. The van der Waals surface area contributed by atoms with E-state index in [0.717, 1.165) is 37.6 Å². The zero-order chi connectivity index (χ0) is 15.6. The molecule has 122 valence electrons. The van der Waals surface area contributed by atoms with Crippen molar-refractivity contribution in [2.75, 3.05) is 18.0 Å². The van der Waals surface area contributed by atoms with Crippen LogP contribution in [0, 0.1) is 0 Å². The van der Waals surface area contributed by atoms with E-state index in [1.807, 2.05) is 12.1 Å². The molecule has 1 N–H and O–H groups in total. The maximum Gasteiger partial charge on any atom is 0.243 e. The number of nitrogens with zero attached hydrogens (tertiary/aromatic N) is 5. The van der Waals surface area contributed by atoms with Crippen molar-refractivity contribution in [3.05, 3.63) is 30.0 Å². The first-order valence-corrected chi connectivity index (χ1v) is 8.42. The van der Waals surface area contributed by atoms with Crippen LogP contribution in [0.3, 0.4) is 0 Å². The van der Waals surface area contributed by atoms with Gasteiger partial charge < -0.3 is 14.7 Å². The highest BCUT2D eigenvalue weighted by Crippen LogP contribution is 2.38. The minimum atomic E-state index is 0.0711. The van der Waals surface area contributed by atoms with Crippen LogP contribution in [0.25, 0.3) is 0 Å². The molecule has 0 unspecified atom stereocenters. The lowest BCUT2D eigenvalue weighted by Crippen LogP contribution is -2.46. The third-order valence-corrected chi connectivity index (χ3v) is 4.56. The smallest absolute Gasteiger partial charge is 0.243 e.